The number of hydrogen-bond acceptors (Lipinski definition) is 0. The van der Waals surface area contributed by atoms with Crippen LogP contribution in [0.5, 0.6) is 0 Å². The molecule has 0 heteroatoms. The van der Waals surface area contributed by atoms with E-state index in [-0.39, 0.29) is 5.92 Å². The molecule has 6 atom stereocenters. The van der Waals surface area contributed by atoms with E-state index in [1.165, 1.54) is 25.7 Å². The molecule has 0 radical (unpaired) electrons. The van der Waals surface area contributed by atoms with Gasteiger partial charge in [0.2, 0.25) is 0 Å². The van der Waals surface area contributed by atoms with Crippen molar-refractivity contribution in [3.63, 3.8) is 0 Å². The van der Waals surface area contributed by atoms with Crippen LogP contribution in [0.25, 0.3) is 0 Å². The van der Waals surface area contributed by atoms with Crippen LogP contribution in [-0.2, 0) is 0 Å². The van der Waals surface area contributed by atoms with Crippen molar-refractivity contribution in [3.05, 3.63) is 11.6 Å². The van der Waals surface area contributed by atoms with Crippen molar-refractivity contribution in [1.82, 2.24) is 0 Å². The Hall–Kier alpha value is -0.700. The SMILES string of the molecule is [2H]C([2H])([2H])[C@]12CC[C@H]3[C@@H](CC=C4CCCC[C@@]43C)[C@@H]1CC[C@H]2C#C. The zero-order chi connectivity index (χ0) is 17.2. The van der Waals surface area contributed by atoms with E-state index in [0.717, 1.165) is 32.1 Å². The zero-order valence-corrected chi connectivity index (χ0v) is 13.3. The number of fused-ring (bicyclic) bond motifs is 5. The van der Waals surface area contributed by atoms with Gasteiger partial charge in [-0.15, -0.1) is 12.3 Å². The maximum absolute atomic E-state index is 8.34. The first-order valence-corrected chi connectivity index (χ1v) is 9.00. The molecule has 0 spiro atoms. The molecule has 0 aromatic rings. The van der Waals surface area contributed by atoms with Crippen LogP contribution in [0.2, 0.25) is 0 Å². The van der Waals surface area contributed by atoms with Gasteiger partial charge in [0.1, 0.15) is 0 Å². The van der Waals surface area contributed by atoms with Crippen LogP contribution in [0.3, 0.4) is 0 Å². The van der Waals surface area contributed by atoms with Gasteiger partial charge >= 0.3 is 0 Å². The lowest BCUT2D eigenvalue weighted by molar-refractivity contribution is -0.0335. The fourth-order valence-corrected chi connectivity index (χ4v) is 6.61. The Kier molecular flexibility index (Phi) is 2.42. The van der Waals surface area contributed by atoms with Gasteiger partial charge in [0, 0.05) is 10.0 Å². The first-order valence-electron chi connectivity index (χ1n) is 10.5. The number of terminal acetylenes is 1. The largest absolute Gasteiger partial charge is 0.120 e. The van der Waals surface area contributed by atoms with Crippen molar-refractivity contribution in [2.24, 2.45) is 34.5 Å². The lowest BCUT2D eigenvalue weighted by Gasteiger charge is -2.57. The van der Waals surface area contributed by atoms with Crippen molar-refractivity contribution in [2.75, 3.05) is 0 Å². The van der Waals surface area contributed by atoms with Gasteiger partial charge < -0.3 is 0 Å². The average molecular weight is 285 g/mol. The zero-order valence-electron chi connectivity index (χ0n) is 16.3. The highest BCUT2D eigenvalue weighted by atomic mass is 14.6. The molecule has 114 valence electrons. The Balaban J connectivity index is 1.75. The van der Waals surface area contributed by atoms with Gasteiger partial charge in [0.25, 0.3) is 0 Å². The van der Waals surface area contributed by atoms with Crippen LogP contribution in [0, 0.1) is 46.8 Å². The minimum absolute atomic E-state index is 0.0551. The molecule has 0 amide bonds. The molecule has 0 aromatic carbocycles. The monoisotopic (exact) mass is 285 g/mol. The van der Waals surface area contributed by atoms with Crippen LogP contribution in [0.15, 0.2) is 11.6 Å². The molecule has 0 aromatic heterocycles. The van der Waals surface area contributed by atoms with Gasteiger partial charge in [-0.1, -0.05) is 31.8 Å². The summed E-state index contributed by atoms with van der Waals surface area (Å²) in [6, 6.07) is 0. The molecule has 0 saturated heterocycles. The minimum Gasteiger partial charge on any atom is -0.120 e. The molecule has 3 saturated carbocycles. The topological polar surface area (TPSA) is 0 Å². The van der Waals surface area contributed by atoms with E-state index in [1.54, 1.807) is 5.57 Å². The highest BCUT2D eigenvalue weighted by Gasteiger charge is 2.57. The first kappa shape index (κ1) is 10.9. The van der Waals surface area contributed by atoms with Crippen LogP contribution >= 0.6 is 0 Å². The Morgan fingerprint density at radius 3 is 2.95 bits per heavy atom. The van der Waals surface area contributed by atoms with E-state index >= 15 is 0 Å². The van der Waals surface area contributed by atoms with Crippen molar-refractivity contribution >= 4 is 0 Å². The second kappa shape index (κ2) is 4.65. The molecule has 0 aliphatic heterocycles. The van der Waals surface area contributed by atoms with Gasteiger partial charge in [-0.3, -0.25) is 0 Å². The fourth-order valence-electron chi connectivity index (χ4n) is 6.61. The average Bonchev–Trinajstić information content (AvgIpc) is 2.94. The summed E-state index contributed by atoms with van der Waals surface area (Å²) in [5.74, 6) is 4.34. The summed E-state index contributed by atoms with van der Waals surface area (Å²) in [4.78, 5) is 0. The van der Waals surface area contributed by atoms with E-state index in [1.807, 2.05) is 0 Å². The lowest BCUT2D eigenvalue weighted by atomic mass is 9.47. The smallest absolute Gasteiger partial charge is 0.0256 e. The van der Waals surface area contributed by atoms with Crippen molar-refractivity contribution in [1.29, 1.82) is 0 Å². The number of allylic oxidation sites excluding steroid dienone is 2. The summed E-state index contributed by atoms with van der Waals surface area (Å²) in [6.45, 7) is 0.554. The van der Waals surface area contributed by atoms with Crippen molar-refractivity contribution < 1.29 is 4.11 Å². The predicted octanol–water partition coefficient (Wildman–Crippen LogP) is 5.59. The third kappa shape index (κ3) is 1.76. The molecule has 4 aliphatic rings. The highest BCUT2D eigenvalue weighted by Crippen LogP contribution is 2.66. The summed E-state index contributed by atoms with van der Waals surface area (Å²) >= 11 is 0. The predicted molar refractivity (Wildman–Crippen MR) is 88.6 cm³/mol. The van der Waals surface area contributed by atoms with E-state index in [9.17, 15) is 0 Å². The highest BCUT2D eigenvalue weighted by molar-refractivity contribution is 5.25. The van der Waals surface area contributed by atoms with Crippen molar-refractivity contribution in [2.45, 2.75) is 71.6 Å². The lowest BCUT2D eigenvalue weighted by Crippen LogP contribution is -2.49. The third-order valence-electron chi connectivity index (χ3n) is 7.73. The van der Waals surface area contributed by atoms with Crippen LogP contribution in [-0.4, -0.2) is 0 Å². The Labute approximate surface area is 135 Å². The molecule has 0 bridgehead atoms. The van der Waals surface area contributed by atoms with Crippen molar-refractivity contribution in [3.8, 4) is 12.3 Å². The van der Waals surface area contributed by atoms with E-state index in [2.05, 4.69) is 18.9 Å². The van der Waals surface area contributed by atoms with Crippen LogP contribution < -0.4 is 0 Å². The van der Waals surface area contributed by atoms with Gasteiger partial charge in [-0.25, -0.2) is 0 Å². The summed E-state index contributed by atoms with van der Waals surface area (Å²) < 4.78 is 25.0. The molecule has 4 aliphatic carbocycles. The molecule has 21 heavy (non-hydrogen) atoms. The number of rotatable bonds is 0. The molecule has 4 rings (SSSR count). The standard InChI is InChI=1S/C21H30/c1-4-15-9-11-18-17-10-8-16-7-5-6-13-20(16,2)19(17)12-14-21(15,18)3/h1,8,15,17-19H,5-7,9-14H2,2-3H3/t15-,17+,18+,19+,20+,21-/m1/s1/i3D3. The van der Waals surface area contributed by atoms with Crippen LogP contribution in [0.4, 0.5) is 0 Å². The molecular formula is C21H30. The Morgan fingerprint density at radius 1 is 1.24 bits per heavy atom. The maximum atomic E-state index is 8.34. The third-order valence-corrected chi connectivity index (χ3v) is 7.73. The molecule has 0 N–H and O–H groups in total. The van der Waals surface area contributed by atoms with E-state index in [4.69, 9.17) is 10.5 Å². The molecule has 0 unspecified atom stereocenters. The summed E-state index contributed by atoms with van der Waals surface area (Å²) in [7, 11) is 0. The van der Waals surface area contributed by atoms with Gasteiger partial charge in [0.05, 0.1) is 0 Å². The summed E-state index contributed by atoms with van der Waals surface area (Å²) in [5, 5.41) is 0. The second-order valence-electron chi connectivity index (χ2n) is 8.34. The van der Waals surface area contributed by atoms with Gasteiger partial charge in [-0.05, 0) is 80.0 Å². The Morgan fingerprint density at radius 2 is 2.14 bits per heavy atom. The number of hydrogen-bond donors (Lipinski definition) is 0. The molecule has 0 nitrogen and oxygen atoms in total. The summed E-state index contributed by atoms with van der Waals surface area (Å²) in [6.07, 6.45) is 18.4. The van der Waals surface area contributed by atoms with Crippen LogP contribution in [0.1, 0.15) is 75.7 Å². The second-order valence-corrected chi connectivity index (χ2v) is 8.34. The van der Waals surface area contributed by atoms with E-state index < -0.39 is 12.3 Å². The molecule has 3 fully saturated rings. The van der Waals surface area contributed by atoms with Gasteiger partial charge in [0.15, 0.2) is 0 Å². The normalized spacial score (nSPS) is 54.9. The summed E-state index contributed by atoms with van der Waals surface area (Å²) in [5.41, 5.74) is 1.40. The Bertz CT molecular complexity index is 595. The fraction of sp³-hybridized carbons (Fsp3) is 0.810. The minimum atomic E-state index is -1.92. The molecular weight excluding hydrogens is 252 g/mol. The maximum Gasteiger partial charge on any atom is 0.0256 e. The molecule has 0 heterocycles. The quantitative estimate of drug-likeness (QED) is 0.402. The first-order chi connectivity index (χ1) is 11.3. The van der Waals surface area contributed by atoms with Gasteiger partial charge in [-0.2, -0.15) is 0 Å². The van der Waals surface area contributed by atoms with E-state index in [0.29, 0.717) is 23.2 Å².